The van der Waals surface area contributed by atoms with E-state index in [0.29, 0.717) is 18.0 Å². The zero-order chi connectivity index (χ0) is 22.0. The number of esters is 1. The summed E-state index contributed by atoms with van der Waals surface area (Å²) in [5, 5.41) is 1.03. The van der Waals surface area contributed by atoms with Gasteiger partial charge in [-0.05, 0) is 36.8 Å². The molecule has 4 nitrogen and oxygen atoms in total. The topological polar surface area (TPSA) is 42.4 Å². The number of benzene rings is 2. The van der Waals surface area contributed by atoms with Crippen LogP contribution >= 0.6 is 35.3 Å². The van der Waals surface area contributed by atoms with Crippen molar-refractivity contribution in [2.45, 2.75) is 30.8 Å². The molecule has 0 spiro atoms. The second kappa shape index (κ2) is 9.51. The van der Waals surface area contributed by atoms with E-state index in [1.807, 2.05) is 19.2 Å². The first-order chi connectivity index (χ1) is 15.0. The molecule has 0 radical (unpaired) electrons. The van der Waals surface area contributed by atoms with Crippen molar-refractivity contribution in [2.24, 2.45) is 5.92 Å². The van der Waals surface area contributed by atoms with Gasteiger partial charge in [-0.25, -0.2) is 4.98 Å². The molecule has 2 atom stereocenters. The van der Waals surface area contributed by atoms with Gasteiger partial charge in [0.05, 0.1) is 11.5 Å². The lowest BCUT2D eigenvalue weighted by Crippen LogP contribution is -2.49. The summed E-state index contributed by atoms with van der Waals surface area (Å²) in [4.78, 5) is 20.4. The van der Waals surface area contributed by atoms with E-state index in [9.17, 15) is 4.79 Å². The minimum Gasteiger partial charge on any atom is -0.465 e. The molecule has 0 fully saturated rings. The third-order valence-electron chi connectivity index (χ3n) is 5.50. The molecular weight excluding hydrogens is 444 g/mol. The van der Waals surface area contributed by atoms with E-state index in [2.05, 4.69) is 60.4 Å². The summed E-state index contributed by atoms with van der Waals surface area (Å²) < 4.78 is 6.33. The van der Waals surface area contributed by atoms with Crippen LogP contribution < -0.4 is 4.90 Å². The van der Waals surface area contributed by atoms with Crippen LogP contribution in [0.2, 0.25) is 0 Å². The molecule has 1 aliphatic heterocycles. The Kier molecular flexibility index (Phi) is 6.74. The van der Waals surface area contributed by atoms with E-state index >= 15 is 0 Å². The molecule has 0 amide bonds. The zero-order valence-corrected chi connectivity index (χ0v) is 20.2. The lowest BCUT2D eigenvalue weighted by molar-refractivity contribution is -0.146. The van der Waals surface area contributed by atoms with Crippen LogP contribution in [0.25, 0.3) is 11.1 Å². The third kappa shape index (κ3) is 4.27. The van der Waals surface area contributed by atoms with Crippen LogP contribution in [0.15, 0.2) is 58.9 Å². The monoisotopic (exact) mass is 468 g/mol. The van der Waals surface area contributed by atoms with Crippen molar-refractivity contribution in [1.29, 1.82) is 0 Å². The summed E-state index contributed by atoms with van der Waals surface area (Å²) in [6.07, 6.45) is 2.01. The SMILES string of the molecule is CCOC(=O)C1C(=S)c2nc(SC)sc2N(Cc2ccccc2-c2ccccc2)C1C. The summed E-state index contributed by atoms with van der Waals surface area (Å²) in [7, 11) is 0. The number of thiocarbonyl (C=S) groups is 1. The highest BCUT2D eigenvalue weighted by Crippen LogP contribution is 2.43. The number of thioether (sulfide) groups is 1. The van der Waals surface area contributed by atoms with Gasteiger partial charge in [-0.15, -0.1) is 0 Å². The molecule has 0 N–H and O–H groups in total. The molecular formula is C24H24N2O2S3. The third-order valence-corrected chi connectivity index (χ3v) is 8.02. The highest BCUT2D eigenvalue weighted by Gasteiger charge is 2.43. The smallest absolute Gasteiger partial charge is 0.316 e. The van der Waals surface area contributed by atoms with Gasteiger partial charge in [0.2, 0.25) is 0 Å². The second-order valence-corrected chi connectivity index (χ2v) is 9.79. The van der Waals surface area contributed by atoms with Gasteiger partial charge in [0.25, 0.3) is 0 Å². The minimum absolute atomic E-state index is 0.127. The summed E-state index contributed by atoms with van der Waals surface area (Å²) >= 11 is 8.97. The fraction of sp³-hybridized carbons (Fsp3) is 0.292. The Balaban J connectivity index is 1.77. The summed E-state index contributed by atoms with van der Waals surface area (Å²) in [6.45, 7) is 4.87. The van der Waals surface area contributed by atoms with Crippen molar-refractivity contribution >= 4 is 51.2 Å². The fourth-order valence-corrected chi connectivity index (χ4v) is 6.12. The Labute approximate surface area is 196 Å². The number of hydrogen-bond donors (Lipinski definition) is 0. The van der Waals surface area contributed by atoms with Crippen molar-refractivity contribution in [2.75, 3.05) is 17.8 Å². The number of anilines is 1. The first kappa shape index (κ1) is 22.0. The molecule has 3 aromatic rings. The van der Waals surface area contributed by atoms with E-state index in [-0.39, 0.29) is 12.0 Å². The molecule has 2 heterocycles. The number of aromatic nitrogens is 1. The molecule has 2 unspecified atom stereocenters. The lowest BCUT2D eigenvalue weighted by atomic mass is 9.89. The fourth-order valence-electron chi connectivity index (χ4n) is 3.96. The first-order valence-electron chi connectivity index (χ1n) is 10.2. The van der Waals surface area contributed by atoms with Gasteiger partial charge in [0.15, 0.2) is 4.34 Å². The normalized spacial score (nSPS) is 18.0. The average molecular weight is 469 g/mol. The minimum atomic E-state index is -0.511. The maximum atomic E-state index is 12.8. The maximum Gasteiger partial charge on any atom is 0.316 e. The quantitative estimate of drug-likeness (QED) is 0.257. The van der Waals surface area contributed by atoms with Crippen LogP contribution in [-0.2, 0) is 16.1 Å². The Morgan fingerprint density at radius 2 is 1.90 bits per heavy atom. The van der Waals surface area contributed by atoms with Crippen molar-refractivity contribution in [3.8, 4) is 11.1 Å². The predicted octanol–water partition coefficient (Wildman–Crippen LogP) is 5.84. The van der Waals surface area contributed by atoms with Gasteiger partial charge in [0.1, 0.15) is 16.6 Å². The maximum absolute atomic E-state index is 12.8. The standard InChI is InChI=1S/C24H24N2O2S3/c1-4-28-23(27)19-15(2)26(22-20(21(19)29)25-24(30-3)31-22)14-17-12-8-9-13-18(17)16-10-6-5-7-11-16/h5-13,15,19H,4,14H2,1-3H3. The summed E-state index contributed by atoms with van der Waals surface area (Å²) in [5.41, 5.74) is 4.31. The summed E-state index contributed by atoms with van der Waals surface area (Å²) in [6, 6.07) is 18.7. The van der Waals surface area contributed by atoms with Crippen molar-refractivity contribution in [3.05, 3.63) is 65.9 Å². The number of rotatable bonds is 6. The Hall–Kier alpha value is -2.22. The van der Waals surface area contributed by atoms with E-state index in [1.165, 1.54) is 16.7 Å². The van der Waals surface area contributed by atoms with Crippen molar-refractivity contribution < 1.29 is 9.53 Å². The average Bonchev–Trinajstić information content (AvgIpc) is 3.23. The first-order valence-corrected chi connectivity index (χ1v) is 12.7. The Morgan fingerprint density at radius 3 is 2.61 bits per heavy atom. The van der Waals surface area contributed by atoms with Gasteiger partial charge in [-0.2, -0.15) is 0 Å². The van der Waals surface area contributed by atoms with Gasteiger partial charge in [0, 0.05) is 12.6 Å². The molecule has 31 heavy (non-hydrogen) atoms. The summed E-state index contributed by atoms with van der Waals surface area (Å²) in [5.74, 6) is -0.783. The molecule has 0 bridgehead atoms. The van der Waals surface area contributed by atoms with Gasteiger partial charge < -0.3 is 9.64 Å². The number of hydrogen-bond acceptors (Lipinski definition) is 7. The highest BCUT2D eigenvalue weighted by atomic mass is 32.2. The van der Waals surface area contributed by atoms with Crippen molar-refractivity contribution in [3.63, 3.8) is 0 Å². The van der Waals surface area contributed by atoms with Crippen LogP contribution in [0.4, 0.5) is 5.00 Å². The molecule has 4 rings (SSSR count). The Morgan fingerprint density at radius 1 is 1.19 bits per heavy atom. The van der Waals surface area contributed by atoms with Crippen LogP contribution in [0.5, 0.6) is 0 Å². The van der Waals surface area contributed by atoms with Gasteiger partial charge >= 0.3 is 5.97 Å². The van der Waals surface area contributed by atoms with Gasteiger partial charge in [-0.1, -0.05) is 89.9 Å². The predicted molar refractivity (Wildman–Crippen MR) is 133 cm³/mol. The largest absolute Gasteiger partial charge is 0.465 e. The number of thiazole rings is 1. The van der Waals surface area contributed by atoms with Crippen LogP contribution in [0.3, 0.4) is 0 Å². The van der Waals surface area contributed by atoms with E-state index in [4.69, 9.17) is 21.9 Å². The number of ether oxygens (including phenoxy) is 1. The molecule has 7 heteroatoms. The molecule has 0 saturated carbocycles. The van der Waals surface area contributed by atoms with Gasteiger partial charge in [-0.3, -0.25) is 4.79 Å². The molecule has 0 saturated heterocycles. The van der Waals surface area contributed by atoms with Crippen LogP contribution in [-0.4, -0.2) is 34.7 Å². The molecule has 1 aliphatic rings. The number of nitrogens with zero attached hydrogens (tertiary/aromatic N) is 2. The lowest BCUT2D eigenvalue weighted by Gasteiger charge is -2.39. The number of fused-ring (bicyclic) bond motifs is 1. The molecule has 160 valence electrons. The molecule has 0 aliphatic carbocycles. The van der Waals surface area contributed by atoms with Crippen LogP contribution in [0.1, 0.15) is 25.1 Å². The Bertz CT molecular complexity index is 1100. The van der Waals surface area contributed by atoms with E-state index < -0.39 is 5.92 Å². The second-order valence-electron chi connectivity index (χ2n) is 7.32. The number of carbonyl (C=O) groups excluding carboxylic acids is 1. The molecule has 1 aromatic heterocycles. The molecule has 2 aromatic carbocycles. The number of carbonyl (C=O) groups is 1. The van der Waals surface area contributed by atoms with E-state index in [1.54, 1.807) is 23.1 Å². The highest BCUT2D eigenvalue weighted by molar-refractivity contribution is 8.00. The van der Waals surface area contributed by atoms with Crippen molar-refractivity contribution in [1.82, 2.24) is 4.98 Å². The van der Waals surface area contributed by atoms with Crippen LogP contribution in [0, 0.1) is 5.92 Å². The zero-order valence-electron chi connectivity index (χ0n) is 17.7. The van der Waals surface area contributed by atoms with E-state index in [0.717, 1.165) is 15.0 Å².